The summed E-state index contributed by atoms with van der Waals surface area (Å²) in [7, 11) is 0. The first-order chi connectivity index (χ1) is 15.0. The van der Waals surface area contributed by atoms with Gasteiger partial charge in [-0.25, -0.2) is 4.79 Å². The summed E-state index contributed by atoms with van der Waals surface area (Å²) in [5.74, 6) is -0.176. The molecule has 1 fully saturated rings. The van der Waals surface area contributed by atoms with Crippen LogP contribution in [0, 0.1) is 0 Å². The quantitative estimate of drug-likeness (QED) is 0.287. The number of urea groups is 1. The number of nitrogens with one attached hydrogen (secondary N) is 3. The average Bonchev–Trinajstić information content (AvgIpc) is 3.29. The number of benzene rings is 2. The van der Waals surface area contributed by atoms with E-state index >= 15 is 0 Å². The predicted octanol–water partition coefficient (Wildman–Crippen LogP) is 3.15. The molecule has 3 N–H and O–H groups in total. The van der Waals surface area contributed by atoms with Gasteiger partial charge in [0.05, 0.1) is 5.56 Å². The monoisotopic (exact) mass is 436 g/mol. The van der Waals surface area contributed by atoms with Crippen LogP contribution in [0.15, 0.2) is 65.7 Å². The molecule has 0 radical (unpaired) electrons. The highest BCUT2D eigenvalue weighted by atomic mass is 32.2. The zero-order chi connectivity index (χ0) is 21.8. The number of rotatable bonds is 8. The molecule has 31 heavy (non-hydrogen) atoms. The molecule has 1 unspecified atom stereocenters. The van der Waals surface area contributed by atoms with Crippen molar-refractivity contribution in [3.05, 3.63) is 66.4 Å². The number of aromatic nitrogens is 1. The molecule has 8 heteroatoms. The van der Waals surface area contributed by atoms with Gasteiger partial charge < -0.3 is 15.2 Å². The van der Waals surface area contributed by atoms with Crippen molar-refractivity contribution in [2.75, 3.05) is 12.3 Å². The van der Waals surface area contributed by atoms with E-state index in [1.807, 2.05) is 30.3 Å². The normalized spacial score (nSPS) is 18.1. The molecule has 1 aliphatic rings. The predicted molar refractivity (Wildman–Crippen MR) is 121 cm³/mol. The third kappa shape index (κ3) is 4.59. The fourth-order valence-corrected chi connectivity index (χ4v) is 4.70. The van der Waals surface area contributed by atoms with Gasteiger partial charge >= 0.3 is 6.03 Å². The molecule has 1 aliphatic heterocycles. The summed E-state index contributed by atoms with van der Waals surface area (Å²) < 4.78 is 2.19. The number of carbonyl (C=O) groups excluding carboxylic acids is 3. The van der Waals surface area contributed by atoms with Gasteiger partial charge in [-0.2, -0.15) is 0 Å². The van der Waals surface area contributed by atoms with Crippen LogP contribution in [0.3, 0.4) is 0 Å². The molecule has 0 aliphatic carbocycles. The lowest BCUT2D eigenvalue weighted by atomic mass is 10.1. The SMILES string of the molecule is CC1(CSc2ccccc2C(=O)NCCCn2ccc3ccccc32)NC(=O)NC1=O. The van der Waals surface area contributed by atoms with E-state index in [4.69, 9.17) is 0 Å². The second kappa shape index (κ2) is 8.85. The van der Waals surface area contributed by atoms with Gasteiger partial charge in [-0.15, -0.1) is 11.8 Å². The Hall–Kier alpha value is -3.26. The van der Waals surface area contributed by atoms with Crippen molar-refractivity contribution in [1.29, 1.82) is 0 Å². The Labute approximate surface area is 184 Å². The maximum absolute atomic E-state index is 12.8. The number of hydrogen-bond acceptors (Lipinski definition) is 4. The molecule has 1 saturated heterocycles. The smallest absolute Gasteiger partial charge is 0.322 e. The van der Waals surface area contributed by atoms with Gasteiger partial charge in [0.15, 0.2) is 0 Å². The van der Waals surface area contributed by atoms with Crippen LogP contribution in [0.5, 0.6) is 0 Å². The largest absolute Gasteiger partial charge is 0.352 e. The summed E-state index contributed by atoms with van der Waals surface area (Å²) in [5, 5.41) is 9.09. The van der Waals surface area contributed by atoms with Crippen LogP contribution in [0.1, 0.15) is 23.7 Å². The van der Waals surface area contributed by atoms with Gasteiger partial charge in [-0.1, -0.05) is 30.3 Å². The van der Waals surface area contributed by atoms with Crippen LogP contribution >= 0.6 is 11.8 Å². The summed E-state index contributed by atoms with van der Waals surface area (Å²) in [5.41, 5.74) is 0.754. The van der Waals surface area contributed by atoms with E-state index < -0.39 is 11.6 Å². The molecule has 0 saturated carbocycles. The van der Waals surface area contributed by atoms with E-state index in [2.05, 4.69) is 44.9 Å². The molecule has 160 valence electrons. The van der Waals surface area contributed by atoms with Gasteiger partial charge in [0.2, 0.25) is 0 Å². The van der Waals surface area contributed by atoms with Crippen molar-refractivity contribution in [3.63, 3.8) is 0 Å². The summed E-state index contributed by atoms with van der Waals surface area (Å²) >= 11 is 1.38. The molecule has 4 amide bonds. The number of imide groups is 1. The first-order valence-corrected chi connectivity index (χ1v) is 11.1. The molecule has 0 bridgehead atoms. The Balaban J connectivity index is 1.32. The minimum absolute atomic E-state index is 0.148. The number of carbonyl (C=O) groups is 3. The molecule has 3 aromatic rings. The van der Waals surface area contributed by atoms with Crippen molar-refractivity contribution >= 4 is 40.5 Å². The first-order valence-electron chi connectivity index (χ1n) is 10.1. The lowest BCUT2D eigenvalue weighted by Gasteiger charge is -2.20. The number of para-hydroxylation sites is 1. The second-order valence-corrected chi connectivity index (χ2v) is 8.72. The van der Waals surface area contributed by atoms with E-state index in [-0.39, 0.29) is 11.8 Å². The van der Waals surface area contributed by atoms with Crippen LogP contribution < -0.4 is 16.0 Å². The fraction of sp³-hybridized carbons (Fsp3) is 0.261. The number of thioether (sulfide) groups is 1. The summed E-state index contributed by atoms with van der Waals surface area (Å²) in [6.07, 6.45) is 2.88. The van der Waals surface area contributed by atoms with Crippen LogP contribution in [0.4, 0.5) is 4.79 Å². The van der Waals surface area contributed by atoms with Gasteiger partial charge in [-0.05, 0) is 43.0 Å². The molecule has 4 rings (SSSR count). The molecule has 1 aromatic heterocycles. The minimum atomic E-state index is -0.995. The van der Waals surface area contributed by atoms with Crippen LogP contribution in [-0.4, -0.2) is 40.2 Å². The third-order valence-electron chi connectivity index (χ3n) is 5.31. The number of amides is 4. The van der Waals surface area contributed by atoms with E-state index in [9.17, 15) is 14.4 Å². The minimum Gasteiger partial charge on any atom is -0.352 e. The van der Waals surface area contributed by atoms with Gasteiger partial charge in [0.1, 0.15) is 5.54 Å². The number of nitrogens with zero attached hydrogens (tertiary/aromatic N) is 1. The maximum atomic E-state index is 12.8. The van der Waals surface area contributed by atoms with Crippen molar-refractivity contribution in [2.45, 2.75) is 30.3 Å². The van der Waals surface area contributed by atoms with Gasteiger partial charge in [-0.3, -0.25) is 14.9 Å². The summed E-state index contributed by atoms with van der Waals surface area (Å²) in [6.45, 7) is 3.05. The van der Waals surface area contributed by atoms with Crippen molar-refractivity contribution in [2.24, 2.45) is 0 Å². The van der Waals surface area contributed by atoms with E-state index in [1.54, 1.807) is 13.0 Å². The van der Waals surface area contributed by atoms with E-state index in [0.717, 1.165) is 17.9 Å². The Kier molecular flexibility index (Phi) is 5.99. The van der Waals surface area contributed by atoms with E-state index in [0.29, 0.717) is 17.9 Å². The maximum Gasteiger partial charge on any atom is 0.322 e. The Morgan fingerprint density at radius 1 is 1.10 bits per heavy atom. The lowest BCUT2D eigenvalue weighted by molar-refractivity contribution is -0.122. The first kappa shape index (κ1) is 21.0. The highest BCUT2D eigenvalue weighted by molar-refractivity contribution is 7.99. The zero-order valence-corrected chi connectivity index (χ0v) is 18.0. The fourth-order valence-electron chi connectivity index (χ4n) is 3.57. The van der Waals surface area contributed by atoms with Crippen molar-refractivity contribution in [3.8, 4) is 0 Å². The Morgan fingerprint density at radius 2 is 1.87 bits per heavy atom. The van der Waals surface area contributed by atoms with E-state index in [1.165, 1.54) is 22.7 Å². The highest BCUT2D eigenvalue weighted by Crippen LogP contribution is 2.27. The average molecular weight is 437 g/mol. The van der Waals surface area contributed by atoms with Gasteiger partial charge in [0.25, 0.3) is 11.8 Å². The van der Waals surface area contributed by atoms with Crippen molar-refractivity contribution in [1.82, 2.24) is 20.5 Å². The number of hydrogen-bond donors (Lipinski definition) is 3. The molecular weight excluding hydrogens is 412 g/mol. The standard InChI is InChI=1S/C23H24N4O3S/c1-23(21(29)25-22(30)26-23)15-31-19-10-5-3-8-17(19)20(28)24-12-6-13-27-14-11-16-7-2-4-9-18(16)27/h2-5,7-11,14H,6,12-13,15H2,1H3,(H,24,28)(H2,25,26,29,30). The van der Waals surface area contributed by atoms with Crippen LogP contribution in [-0.2, 0) is 11.3 Å². The lowest BCUT2D eigenvalue weighted by Crippen LogP contribution is -2.46. The Bertz CT molecular complexity index is 1140. The van der Waals surface area contributed by atoms with Crippen LogP contribution in [0.25, 0.3) is 10.9 Å². The van der Waals surface area contributed by atoms with Gasteiger partial charge in [0, 0.05) is 35.5 Å². The van der Waals surface area contributed by atoms with Crippen LogP contribution in [0.2, 0.25) is 0 Å². The number of aryl methyl sites for hydroxylation is 1. The summed E-state index contributed by atoms with van der Waals surface area (Å²) in [4.78, 5) is 37.0. The molecule has 2 aromatic carbocycles. The molecule has 7 nitrogen and oxygen atoms in total. The Morgan fingerprint density at radius 3 is 2.68 bits per heavy atom. The third-order valence-corrected chi connectivity index (χ3v) is 6.70. The molecule has 2 heterocycles. The van der Waals surface area contributed by atoms with Crippen molar-refractivity contribution < 1.29 is 14.4 Å². The second-order valence-electron chi connectivity index (χ2n) is 7.70. The summed E-state index contributed by atoms with van der Waals surface area (Å²) in [6, 6.07) is 17.1. The molecule has 0 spiro atoms. The highest BCUT2D eigenvalue weighted by Gasteiger charge is 2.41. The topological polar surface area (TPSA) is 92.2 Å². The molecule has 1 atom stereocenters. The zero-order valence-electron chi connectivity index (χ0n) is 17.2. The number of fused-ring (bicyclic) bond motifs is 1. The molecular formula is C23H24N4O3S.